The molecule has 0 spiro atoms. The van der Waals surface area contributed by atoms with Crippen molar-refractivity contribution in [1.29, 1.82) is 0 Å². The Hall–Kier alpha value is -2.52. The molecule has 0 amide bonds. The minimum absolute atomic E-state index is 0.292. The first kappa shape index (κ1) is 24.6. The van der Waals surface area contributed by atoms with Crippen molar-refractivity contribution in [2.45, 2.75) is 12.7 Å². The Morgan fingerprint density at radius 1 is 1.03 bits per heavy atom. The van der Waals surface area contributed by atoms with Gasteiger partial charge in [-0.05, 0) is 30.7 Å². The SMILES string of the molecule is CCOCCOc1c(N2CCN(SCc3ccccc3)CC2)cnn(-c2cccc(Cl)c2)c1=O. The summed E-state index contributed by atoms with van der Waals surface area (Å²) in [5.41, 5.74) is 2.32. The first-order valence-corrected chi connectivity index (χ1v) is 12.7. The second kappa shape index (κ2) is 12.3. The number of halogens is 1. The Balaban J connectivity index is 1.49. The van der Waals surface area contributed by atoms with E-state index in [2.05, 4.69) is 38.6 Å². The summed E-state index contributed by atoms with van der Waals surface area (Å²) in [4.78, 5) is 15.6. The van der Waals surface area contributed by atoms with Gasteiger partial charge in [0.05, 0.1) is 18.5 Å². The third-order valence-electron chi connectivity index (χ3n) is 5.48. The zero-order chi connectivity index (χ0) is 23.8. The van der Waals surface area contributed by atoms with Gasteiger partial charge < -0.3 is 14.4 Å². The van der Waals surface area contributed by atoms with Crippen LogP contribution in [0.4, 0.5) is 5.69 Å². The summed E-state index contributed by atoms with van der Waals surface area (Å²) < 4.78 is 15.1. The molecule has 1 aliphatic rings. The number of hydrogen-bond acceptors (Lipinski definition) is 7. The molecular weight excluding hydrogens is 472 g/mol. The first-order valence-electron chi connectivity index (χ1n) is 11.4. The maximum atomic E-state index is 13.4. The van der Waals surface area contributed by atoms with Crippen molar-refractivity contribution < 1.29 is 9.47 Å². The average Bonchev–Trinajstić information content (AvgIpc) is 2.87. The molecule has 0 radical (unpaired) electrons. The molecule has 4 rings (SSSR count). The standard InChI is InChI=1S/C25H29ClN4O3S/c1-2-32-15-16-33-24-23(18-27-30(25(24)31)22-10-6-9-21(26)17-22)28-11-13-29(14-12-28)34-19-20-7-4-3-5-8-20/h3-10,17-18H,2,11-16,19H2,1H3. The Labute approximate surface area is 209 Å². The molecule has 34 heavy (non-hydrogen) atoms. The van der Waals surface area contributed by atoms with Gasteiger partial charge in [-0.25, -0.2) is 4.31 Å². The molecule has 0 unspecified atom stereocenters. The molecule has 9 heteroatoms. The van der Waals surface area contributed by atoms with Gasteiger partial charge in [0.25, 0.3) is 0 Å². The molecule has 180 valence electrons. The first-order chi connectivity index (χ1) is 16.7. The number of nitrogens with zero attached hydrogens (tertiary/aromatic N) is 4. The van der Waals surface area contributed by atoms with E-state index >= 15 is 0 Å². The van der Waals surface area contributed by atoms with Crippen LogP contribution in [0.15, 0.2) is 65.6 Å². The molecule has 1 saturated heterocycles. The van der Waals surface area contributed by atoms with Crippen LogP contribution in [-0.4, -0.2) is 60.1 Å². The van der Waals surface area contributed by atoms with Crippen molar-refractivity contribution >= 4 is 29.2 Å². The van der Waals surface area contributed by atoms with E-state index in [1.165, 1.54) is 10.2 Å². The largest absolute Gasteiger partial charge is 0.484 e. The summed E-state index contributed by atoms with van der Waals surface area (Å²) >= 11 is 7.97. The summed E-state index contributed by atoms with van der Waals surface area (Å²) in [7, 11) is 0. The van der Waals surface area contributed by atoms with Crippen LogP contribution < -0.4 is 15.2 Å². The van der Waals surface area contributed by atoms with E-state index in [1.54, 1.807) is 30.5 Å². The number of rotatable bonds is 10. The van der Waals surface area contributed by atoms with Gasteiger partial charge in [-0.15, -0.1) is 0 Å². The van der Waals surface area contributed by atoms with Crippen LogP contribution in [0.1, 0.15) is 12.5 Å². The van der Waals surface area contributed by atoms with Crippen LogP contribution in [0.25, 0.3) is 5.69 Å². The fraction of sp³-hybridized carbons (Fsp3) is 0.360. The van der Waals surface area contributed by atoms with E-state index in [0.29, 0.717) is 42.0 Å². The highest BCUT2D eigenvalue weighted by molar-refractivity contribution is 7.96. The van der Waals surface area contributed by atoms with E-state index in [-0.39, 0.29) is 5.56 Å². The number of piperazine rings is 1. The van der Waals surface area contributed by atoms with Crippen LogP contribution in [0.3, 0.4) is 0 Å². The van der Waals surface area contributed by atoms with E-state index in [1.807, 2.05) is 24.9 Å². The molecule has 0 N–H and O–H groups in total. The topological polar surface area (TPSA) is 59.8 Å². The summed E-state index contributed by atoms with van der Waals surface area (Å²) in [6.45, 7) is 6.57. The van der Waals surface area contributed by atoms with Gasteiger partial charge in [-0.2, -0.15) is 9.78 Å². The summed E-state index contributed by atoms with van der Waals surface area (Å²) in [6.07, 6.45) is 1.71. The van der Waals surface area contributed by atoms with Crippen molar-refractivity contribution in [3.05, 3.63) is 81.7 Å². The quantitative estimate of drug-likeness (QED) is 0.304. The molecule has 1 aromatic heterocycles. The van der Waals surface area contributed by atoms with Crippen LogP contribution >= 0.6 is 23.5 Å². The third-order valence-corrected chi connectivity index (χ3v) is 6.91. The Morgan fingerprint density at radius 2 is 1.82 bits per heavy atom. The van der Waals surface area contributed by atoms with Crippen molar-refractivity contribution in [3.63, 3.8) is 0 Å². The summed E-state index contributed by atoms with van der Waals surface area (Å²) in [5, 5.41) is 4.98. The second-order valence-corrected chi connectivity index (χ2v) is 9.28. The summed E-state index contributed by atoms with van der Waals surface area (Å²) in [6, 6.07) is 17.5. The third kappa shape index (κ3) is 6.33. The molecule has 2 aromatic carbocycles. The lowest BCUT2D eigenvalue weighted by Crippen LogP contribution is -2.44. The highest BCUT2D eigenvalue weighted by Gasteiger charge is 2.24. The van der Waals surface area contributed by atoms with Crippen LogP contribution in [0, 0.1) is 0 Å². The van der Waals surface area contributed by atoms with Crippen molar-refractivity contribution in [1.82, 2.24) is 14.1 Å². The molecular formula is C25H29ClN4O3S. The van der Waals surface area contributed by atoms with E-state index < -0.39 is 0 Å². The lowest BCUT2D eigenvalue weighted by molar-refractivity contribution is 0.109. The monoisotopic (exact) mass is 500 g/mol. The van der Waals surface area contributed by atoms with E-state index in [9.17, 15) is 4.79 Å². The molecule has 2 heterocycles. The smallest absolute Gasteiger partial charge is 0.316 e. The number of ether oxygens (including phenoxy) is 2. The Kier molecular flexibility index (Phi) is 8.87. The minimum atomic E-state index is -0.308. The van der Waals surface area contributed by atoms with Gasteiger partial charge in [-0.1, -0.05) is 59.9 Å². The van der Waals surface area contributed by atoms with Gasteiger partial charge in [-0.3, -0.25) is 4.79 Å². The molecule has 0 atom stereocenters. The Bertz CT molecular complexity index is 1120. The lowest BCUT2D eigenvalue weighted by atomic mass is 10.2. The predicted octanol–water partition coefficient (Wildman–Crippen LogP) is 4.27. The second-order valence-electron chi connectivity index (χ2n) is 7.78. The lowest BCUT2D eigenvalue weighted by Gasteiger charge is -2.35. The van der Waals surface area contributed by atoms with E-state index in [0.717, 1.165) is 31.9 Å². The fourth-order valence-corrected chi connectivity index (χ4v) is 4.86. The van der Waals surface area contributed by atoms with Gasteiger partial charge in [0.15, 0.2) is 0 Å². The number of benzene rings is 2. The maximum Gasteiger partial charge on any atom is 0.316 e. The summed E-state index contributed by atoms with van der Waals surface area (Å²) in [5.74, 6) is 1.24. The molecule has 3 aromatic rings. The van der Waals surface area contributed by atoms with Gasteiger partial charge in [0.2, 0.25) is 5.75 Å². The Morgan fingerprint density at radius 3 is 2.56 bits per heavy atom. The van der Waals surface area contributed by atoms with E-state index in [4.69, 9.17) is 21.1 Å². The molecule has 0 bridgehead atoms. The molecule has 0 aliphatic carbocycles. The zero-order valence-corrected chi connectivity index (χ0v) is 20.8. The van der Waals surface area contributed by atoms with Crippen molar-refractivity contribution in [3.8, 4) is 11.4 Å². The molecule has 0 saturated carbocycles. The number of aromatic nitrogens is 2. The molecule has 7 nitrogen and oxygen atoms in total. The number of anilines is 1. The highest BCUT2D eigenvalue weighted by Crippen LogP contribution is 2.27. The van der Waals surface area contributed by atoms with Gasteiger partial charge in [0, 0.05) is 43.6 Å². The van der Waals surface area contributed by atoms with Crippen LogP contribution in [0.2, 0.25) is 5.02 Å². The van der Waals surface area contributed by atoms with Gasteiger partial charge in [0.1, 0.15) is 12.3 Å². The van der Waals surface area contributed by atoms with Gasteiger partial charge >= 0.3 is 5.56 Å². The molecule has 1 aliphatic heterocycles. The molecule has 1 fully saturated rings. The number of hydrogen-bond donors (Lipinski definition) is 0. The normalized spacial score (nSPS) is 14.4. The highest BCUT2D eigenvalue weighted by atomic mass is 35.5. The predicted molar refractivity (Wildman–Crippen MR) is 138 cm³/mol. The minimum Gasteiger partial charge on any atom is -0.484 e. The zero-order valence-electron chi connectivity index (χ0n) is 19.2. The van der Waals surface area contributed by atoms with Crippen molar-refractivity contribution in [2.75, 3.05) is 50.9 Å². The fourth-order valence-electron chi connectivity index (χ4n) is 3.73. The van der Waals surface area contributed by atoms with Crippen molar-refractivity contribution in [2.24, 2.45) is 0 Å². The van der Waals surface area contributed by atoms with Crippen LogP contribution in [-0.2, 0) is 10.5 Å². The average molecular weight is 501 g/mol. The maximum absolute atomic E-state index is 13.4. The van der Waals surface area contributed by atoms with Crippen LogP contribution in [0.5, 0.6) is 5.75 Å².